The standard InChI is InChI=1S/C20H38/c1-4-7-9-11-13-15-17-19-20(6-3)18-16-14-12-10-8-5-2/h11,13,20H,1-2,4-10,12,14-19H2,3H3/b13-11+. The van der Waals surface area contributed by atoms with Gasteiger partial charge in [0.2, 0.25) is 0 Å². The van der Waals surface area contributed by atoms with Crippen LogP contribution in [0.1, 0.15) is 96.8 Å². The van der Waals surface area contributed by atoms with E-state index in [1.54, 1.807) is 0 Å². The molecule has 0 heterocycles. The largest absolute Gasteiger partial charge is 0.0885 e. The normalized spacial score (nSPS) is 13.2. The van der Waals surface area contributed by atoms with Gasteiger partial charge in [0, 0.05) is 0 Å². The molecule has 20 heavy (non-hydrogen) atoms. The van der Waals surface area contributed by atoms with Crippen LogP contribution >= 0.6 is 0 Å². The molecular weight excluding hydrogens is 240 g/mol. The molecule has 0 saturated heterocycles. The maximum atomic E-state index is 3.90. The maximum Gasteiger partial charge on any atom is -0.0351 e. The summed E-state index contributed by atoms with van der Waals surface area (Å²) in [6.07, 6.45) is 23.2. The van der Waals surface area contributed by atoms with E-state index in [1.165, 1.54) is 77.0 Å². The van der Waals surface area contributed by atoms with Crippen molar-refractivity contribution in [3.05, 3.63) is 26.0 Å². The molecule has 0 aromatic carbocycles. The second kappa shape index (κ2) is 16.8. The lowest BCUT2D eigenvalue weighted by Gasteiger charge is -2.13. The number of hydrogen-bond donors (Lipinski definition) is 0. The minimum atomic E-state index is 0.969. The molecule has 0 N–H and O–H groups in total. The molecule has 0 rings (SSSR count). The first-order valence-corrected chi connectivity index (χ1v) is 9.08. The second-order valence-electron chi connectivity index (χ2n) is 6.08. The van der Waals surface area contributed by atoms with Crippen molar-refractivity contribution in [2.24, 2.45) is 5.92 Å². The van der Waals surface area contributed by atoms with Gasteiger partial charge in [0.25, 0.3) is 0 Å². The molecule has 0 aromatic rings. The average Bonchev–Trinajstić information content (AvgIpc) is 2.47. The van der Waals surface area contributed by atoms with Crippen LogP contribution < -0.4 is 0 Å². The van der Waals surface area contributed by atoms with Gasteiger partial charge in [-0.05, 0) is 31.6 Å². The van der Waals surface area contributed by atoms with Gasteiger partial charge in [-0.1, -0.05) is 97.1 Å². The molecule has 0 aromatic heterocycles. The number of unbranched alkanes of at least 4 members (excludes halogenated alkanes) is 8. The van der Waals surface area contributed by atoms with Crippen LogP contribution in [-0.2, 0) is 0 Å². The Labute approximate surface area is 129 Å². The van der Waals surface area contributed by atoms with Gasteiger partial charge in [0.05, 0.1) is 0 Å². The predicted octanol–water partition coefficient (Wildman–Crippen LogP) is 7.31. The van der Waals surface area contributed by atoms with E-state index >= 15 is 0 Å². The smallest absolute Gasteiger partial charge is 0.0351 e. The molecule has 0 amide bonds. The van der Waals surface area contributed by atoms with Gasteiger partial charge >= 0.3 is 0 Å². The van der Waals surface area contributed by atoms with Crippen molar-refractivity contribution in [1.29, 1.82) is 0 Å². The van der Waals surface area contributed by atoms with Crippen LogP contribution in [0.3, 0.4) is 0 Å². The fourth-order valence-electron chi connectivity index (χ4n) is 2.71. The van der Waals surface area contributed by atoms with Crippen molar-refractivity contribution >= 4 is 0 Å². The number of allylic oxidation sites excluding steroid dienone is 2. The SMILES string of the molecule is [CH2]CCC/C=C/CCCC(CC)CCCCCCC[CH2]. The Morgan fingerprint density at radius 3 is 1.90 bits per heavy atom. The van der Waals surface area contributed by atoms with Crippen molar-refractivity contribution in [2.45, 2.75) is 96.8 Å². The Morgan fingerprint density at radius 1 is 0.700 bits per heavy atom. The molecule has 0 fully saturated rings. The lowest BCUT2D eigenvalue weighted by atomic mass is 9.93. The topological polar surface area (TPSA) is 0 Å². The van der Waals surface area contributed by atoms with Crippen molar-refractivity contribution < 1.29 is 0 Å². The molecular formula is C20H38. The van der Waals surface area contributed by atoms with Crippen molar-refractivity contribution in [3.8, 4) is 0 Å². The quantitative estimate of drug-likeness (QED) is 0.217. The highest BCUT2D eigenvalue weighted by atomic mass is 14.1. The lowest BCUT2D eigenvalue weighted by molar-refractivity contribution is 0.403. The molecule has 0 aliphatic carbocycles. The summed E-state index contributed by atoms with van der Waals surface area (Å²) in [5.74, 6) is 0.969. The first kappa shape index (κ1) is 19.7. The van der Waals surface area contributed by atoms with Gasteiger partial charge in [0.1, 0.15) is 0 Å². The number of rotatable bonds is 15. The first-order valence-electron chi connectivity index (χ1n) is 9.08. The van der Waals surface area contributed by atoms with Crippen LogP contribution in [0.4, 0.5) is 0 Å². The summed E-state index contributed by atoms with van der Waals surface area (Å²) in [4.78, 5) is 0. The Morgan fingerprint density at radius 2 is 1.25 bits per heavy atom. The predicted molar refractivity (Wildman–Crippen MR) is 93.7 cm³/mol. The highest BCUT2D eigenvalue weighted by Gasteiger charge is 2.05. The van der Waals surface area contributed by atoms with Gasteiger partial charge in [-0.25, -0.2) is 0 Å². The summed E-state index contributed by atoms with van der Waals surface area (Å²) in [7, 11) is 0. The van der Waals surface area contributed by atoms with Crippen LogP contribution in [0, 0.1) is 19.8 Å². The van der Waals surface area contributed by atoms with E-state index in [0.29, 0.717) is 0 Å². The summed E-state index contributed by atoms with van der Waals surface area (Å²) in [6, 6.07) is 0. The van der Waals surface area contributed by atoms with E-state index in [-0.39, 0.29) is 0 Å². The van der Waals surface area contributed by atoms with Gasteiger partial charge in [-0.3, -0.25) is 0 Å². The van der Waals surface area contributed by atoms with Crippen LogP contribution in [0.2, 0.25) is 0 Å². The van der Waals surface area contributed by atoms with Crippen molar-refractivity contribution in [3.63, 3.8) is 0 Å². The Balaban J connectivity index is 3.40. The minimum Gasteiger partial charge on any atom is -0.0885 e. The third kappa shape index (κ3) is 14.2. The molecule has 1 atom stereocenters. The molecule has 0 nitrogen and oxygen atoms in total. The fraction of sp³-hybridized carbons (Fsp3) is 0.800. The first-order chi connectivity index (χ1) is 9.85. The van der Waals surface area contributed by atoms with Gasteiger partial charge < -0.3 is 0 Å². The lowest BCUT2D eigenvalue weighted by Crippen LogP contribution is -1.98. The molecule has 0 spiro atoms. The van der Waals surface area contributed by atoms with Crippen molar-refractivity contribution in [1.82, 2.24) is 0 Å². The summed E-state index contributed by atoms with van der Waals surface area (Å²) in [6.45, 7) is 10.1. The van der Waals surface area contributed by atoms with Crippen LogP contribution in [0.25, 0.3) is 0 Å². The third-order valence-corrected chi connectivity index (χ3v) is 4.21. The Bertz CT molecular complexity index is 192. The highest BCUT2D eigenvalue weighted by Crippen LogP contribution is 2.20. The van der Waals surface area contributed by atoms with Crippen molar-refractivity contribution in [2.75, 3.05) is 0 Å². The third-order valence-electron chi connectivity index (χ3n) is 4.21. The van der Waals surface area contributed by atoms with Crippen LogP contribution in [-0.4, -0.2) is 0 Å². The zero-order chi connectivity index (χ0) is 14.9. The average molecular weight is 279 g/mol. The van der Waals surface area contributed by atoms with E-state index in [1.807, 2.05) is 0 Å². The summed E-state index contributed by atoms with van der Waals surface area (Å²) >= 11 is 0. The molecule has 118 valence electrons. The zero-order valence-corrected chi connectivity index (χ0v) is 14.0. The van der Waals surface area contributed by atoms with E-state index < -0.39 is 0 Å². The molecule has 0 aliphatic heterocycles. The monoisotopic (exact) mass is 278 g/mol. The second-order valence-corrected chi connectivity index (χ2v) is 6.08. The van der Waals surface area contributed by atoms with Gasteiger partial charge in [-0.15, -0.1) is 0 Å². The minimum absolute atomic E-state index is 0.969. The molecule has 0 saturated carbocycles. The fourth-order valence-corrected chi connectivity index (χ4v) is 2.71. The van der Waals surface area contributed by atoms with E-state index in [0.717, 1.165) is 18.8 Å². The van der Waals surface area contributed by atoms with E-state index in [2.05, 4.69) is 32.9 Å². The summed E-state index contributed by atoms with van der Waals surface area (Å²) in [5, 5.41) is 0. The van der Waals surface area contributed by atoms with Crippen LogP contribution in [0.15, 0.2) is 12.2 Å². The molecule has 0 heteroatoms. The summed E-state index contributed by atoms with van der Waals surface area (Å²) < 4.78 is 0. The zero-order valence-electron chi connectivity index (χ0n) is 14.0. The molecule has 0 bridgehead atoms. The molecule has 0 aliphatic rings. The Hall–Kier alpha value is -0.260. The highest BCUT2D eigenvalue weighted by molar-refractivity contribution is 4.81. The maximum absolute atomic E-state index is 3.90. The number of hydrogen-bond acceptors (Lipinski definition) is 0. The van der Waals surface area contributed by atoms with E-state index in [9.17, 15) is 0 Å². The van der Waals surface area contributed by atoms with Gasteiger partial charge in [0.15, 0.2) is 0 Å². The van der Waals surface area contributed by atoms with E-state index in [4.69, 9.17) is 0 Å². The molecule has 1 unspecified atom stereocenters. The summed E-state index contributed by atoms with van der Waals surface area (Å²) in [5.41, 5.74) is 0. The Kier molecular flexibility index (Phi) is 16.6. The van der Waals surface area contributed by atoms with Crippen LogP contribution in [0.5, 0.6) is 0 Å². The van der Waals surface area contributed by atoms with Gasteiger partial charge in [-0.2, -0.15) is 0 Å². The molecule has 2 radical (unpaired) electrons.